The molecule has 0 saturated heterocycles. The third-order valence-corrected chi connectivity index (χ3v) is 5.28. The van der Waals surface area contributed by atoms with E-state index in [1.807, 2.05) is 57.1 Å². The highest BCUT2D eigenvalue weighted by molar-refractivity contribution is 7.58. The Morgan fingerprint density at radius 2 is 1.71 bits per heavy atom. The average molecular weight is 311 g/mol. The Morgan fingerprint density at radius 1 is 1.14 bits per heavy atom. The summed E-state index contributed by atoms with van der Waals surface area (Å²) in [5, 5.41) is 0. The number of rotatable bonds is 9. The van der Waals surface area contributed by atoms with Crippen molar-refractivity contribution in [3.63, 3.8) is 0 Å². The van der Waals surface area contributed by atoms with Crippen LogP contribution in [0.25, 0.3) is 0 Å². The molecule has 4 nitrogen and oxygen atoms in total. The van der Waals surface area contributed by atoms with Crippen molar-refractivity contribution in [3.8, 4) is 0 Å². The van der Waals surface area contributed by atoms with Crippen LogP contribution in [0.5, 0.6) is 0 Å². The number of aryl methyl sites for hydroxylation is 1. The summed E-state index contributed by atoms with van der Waals surface area (Å²) in [5.41, 5.74) is 1.89. The van der Waals surface area contributed by atoms with Gasteiger partial charge in [-0.25, -0.2) is 0 Å². The van der Waals surface area contributed by atoms with Crippen LogP contribution in [0.4, 0.5) is 0 Å². The molecule has 0 spiro atoms. The fourth-order valence-electron chi connectivity index (χ4n) is 2.06. The van der Waals surface area contributed by atoms with Gasteiger partial charge in [0, 0.05) is 14.1 Å². The predicted octanol–water partition coefficient (Wildman–Crippen LogP) is 4.29. The predicted molar refractivity (Wildman–Crippen MR) is 87.4 cm³/mol. The lowest BCUT2D eigenvalue weighted by molar-refractivity contribution is 0.219. The standard InChI is InChI=1S/C16H26NO3P/c1-5-19-21(18,20-6-2)16(17(3)4)14-10-13-15-11-8-7-9-12-15/h7-9,11-12,14H,5-6,10,13H2,1-4H3/b16-14+. The van der Waals surface area contributed by atoms with Gasteiger partial charge in [-0.2, -0.15) is 0 Å². The zero-order chi connectivity index (χ0) is 15.7. The van der Waals surface area contributed by atoms with Gasteiger partial charge in [-0.15, -0.1) is 0 Å². The van der Waals surface area contributed by atoms with Gasteiger partial charge in [0.2, 0.25) is 0 Å². The van der Waals surface area contributed by atoms with Crippen LogP contribution in [0, 0.1) is 0 Å². The number of hydrogen-bond donors (Lipinski definition) is 0. The van der Waals surface area contributed by atoms with Gasteiger partial charge in [0.15, 0.2) is 0 Å². The molecule has 0 unspecified atom stereocenters. The van der Waals surface area contributed by atoms with E-state index in [1.165, 1.54) is 5.56 Å². The van der Waals surface area contributed by atoms with Crippen molar-refractivity contribution in [1.29, 1.82) is 0 Å². The molecule has 0 aliphatic heterocycles. The molecule has 0 radical (unpaired) electrons. The van der Waals surface area contributed by atoms with Crippen molar-refractivity contribution in [2.75, 3.05) is 27.3 Å². The van der Waals surface area contributed by atoms with Crippen molar-refractivity contribution >= 4 is 7.60 Å². The van der Waals surface area contributed by atoms with E-state index in [9.17, 15) is 4.57 Å². The molecule has 1 aromatic carbocycles. The van der Waals surface area contributed by atoms with Gasteiger partial charge in [-0.3, -0.25) is 4.57 Å². The van der Waals surface area contributed by atoms with E-state index in [-0.39, 0.29) is 0 Å². The molecule has 1 rings (SSSR count). The maximum absolute atomic E-state index is 12.8. The Bertz CT molecular complexity index is 476. The molecule has 0 saturated carbocycles. The Labute approximate surface area is 128 Å². The molecule has 0 aliphatic carbocycles. The van der Waals surface area contributed by atoms with Gasteiger partial charge >= 0.3 is 7.60 Å². The average Bonchev–Trinajstić information content (AvgIpc) is 2.44. The Hall–Kier alpha value is -1.09. The first-order chi connectivity index (χ1) is 10.0. The highest BCUT2D eigenvalue weighted by atomic mass is 31.2. The molecule has 0 bridgehead atoms. The molecule has 0 N–H and O–H groups in total. The third kappa shape index (κ3) is 5.66. The monoisotopic (exact) mass is 311 g/mol. The number of benzene rings is 1. The zero-order valence-electron chi connectivity index (χ0n) is 13.4. The second-order valence-electron chi connectivity index (χ2n) is 4.81. The van der Waals surface area contributed by atoms with Crippen LogP contribution in [-0.4, -0.2) is 32.2 Å². The molecule has 0 atom stereocenters. The molecular weight excluding hydrogens is 285 g/mol. The molecule has 0 heterocycles. The lowest BCUT2D eigenvalue weighted by Crippen LogP contribution is -2.14. The van der Waals surface area contributed by atoms with Crippen molar-refractivity contribution in [2.45, 2.75) is 26.7 Å². The molecule has 0 aromatic heterocycles. The van der Waals surface area contributed by atoms with Crippen LogP contribution < -0.4 is 0 Å². The van der Waals surface area contributed by atoms with Crippen molar-refractivity contribution in [3.05, 3.63) is 47.4 Å². The minimum atomic E-state index is -3.22. The topological polar surface area (TPSA) is 38.8 Å². The second-order valence-corrected chi connectivity index (χ2v) is 6.78. The molecule has 21 heavy (non-hydrogen) atoms. The van der Waals surface area contributed by atoms with E-state index in [1.54, 1.807) is 0 Å². The summed E-state index contributed by atoms with van der Waals surface area (Å²) in [6.45, 7) is 4.37. The van der Waals surface area contributed by atoms with Crippen LogP contribution in [0.2, 0.25) is 0 Å². The van der Waals surface area contributed by atoms with Gasteiger partial charge < -0.3 is 13.9 Å². The molecule has 0 aliphatic rings. The van der Waals surface area contributed by atoms with Crippen molar-refractivity contribution in [2.24, 2.45) is 0 Å². The van der Waals surface area contributed by atoms with E-state index in [2.05, 4.69) is 12.1 Å². The second kappa shape index (κ2) is 9.04. The Kier molecular flexibility index (Phi) is 7.73. The minimum Gasteiger partial charge on any atom is -0.371 e. The summed E-state index contributed by atoms with van der Waals surface area (Å²) in [6, 6.07) is 10.2. The summed E-state index contributed by atoms with van der Waals surface area (Å²) in [5.74, 6) is 0. The minimum absolute atomic E-state index is 0.362. The first-order valence-electron chi connectivity index (χ1n) is 7.34. The SMILES string of the molecule is CCOP(=O)(OCC)/C(=C/CCc1ccccc1)N(C)C. The highest BCUT2D eigenvalue weighted by Crippen LogP contribution is 2.56. The molecule has 0 fully saturated rings. The largest absolute Gasteiger partial charge is 0.376 e. The molecule has 1 aromatic rings. The molecule has 5 heteroatoms. The van der Waals surface area contributed by atoms with Crippen LogP contribution in [0.3, 0.4) is 0 Å². The van der Waals surface area contributed by atoms with Crippen molar-refractivity contribution < 1.29 is 13.6 Å². The summed E-state index contributed by atoms with van der Waals surface area (Å²) < 4.78 is 23.7. The van der Waals surface area contributed by atoms with Crippen LogP contribution >= 0.6 is 7.60 Å². The lowest BCUT2D eigenvalue weighted by Gasteiger charge is -2.25. The van der Waals surface area contributed by atoms with Gasteiger partial charge in [0.1, 0.15) is 5.44 Å². The number of allylic oxidation sites excluding steroid dienone is 1. The van der Waals surface area contributed by atoms with Crippen LogP contribution in [0.1, 0.15) is 25.8 Å². The van der Waals surface area contributed by atoms with Gasteiger partial charge in [0.05, 0.1) is 13.2 Å². The Balaban J connectivity index is 2.84. The first-order valence-corrected chi connectivity index (χ1v) is 8.88. The molecular formula is C16H26NO3P. The summed E-state index contributed by atoms with van der Waals surface area (Å²) in [6.07, 6.45) is 3.65. The summed E-state index contributed by atoms with van der Waals surface area (Å²) in [4.78, 5) is 1.82. The van der Waals surface area contributed by atoms with Crippen LogP contribution in [0.15, 0.2) is 41.8 Å². The fraction of sp³-hybridized carbons (Fsp3) is 0.500. The zero-order valence-corrected chi connectivity index (χ0v) is 14.3. The maximum atomic E-state index is 12.8. The van der Waals surface area contributed by atoms with Gasteiger partial charge in [-0.05, 0) is 32.3 Å². The number of hydrogen-bond acceptors (Lipinski definition) is 4. The smallest absolute Gasteiger partial charge is 0.371 e. The first kappa shape index (κ1) is 18.0. The Morgan fingerprint density at radius 3 is 2.19 bits per heavy atom. The van der Waals surface area contributed by atoms with Crippen LogP contribution in [-0.2, 0) is 20.0 Å². The van der Waals surface area contributed by atoms with E-state index in [0.717, 1.165) is 12.8 Å². The van der Waals surface area contributed by atoms with E-state index in [4.69, 9.17) is 9.05 Å². The van der Waals surface area contributed by atoms with E-state index >= 15 is 0 Å². The van der Waals surface area contributed by atoms with E-state index < -0.39 is 7.60 Å². The van der Waals surface area contributed by atoms with E-state index in [0.29, 0.717) is 18.7 Å². The quantitative estimate of drug-likeness (QED) is 0.638. The lowest BCUT2D eigenvalue weighted by atomic mass is 10.1. The third-order valence-electron chi connectivity index (χ3n) is 2.94. The highest BCUT2D eigenvalue weighted by Gasteiger charge is 2.30. The fourth-order valence-corrected chi connectivity index (χ4v) is 3.92. The summed E-state index contributed by atoms with van der Waals surface area (Å²) in [7, 11) is 0.500. The van der Waals surface area contributed by atoms with Gasteiger partial charge in [0.25, 0.3) is 0 Å². The van der Waals surface area contributed by atoms with Crippen molar-refractivity contribution in [1.82, 2.24) is 4.90 Å². The molecule has 118 valence electrons. The van der Waals surface area contributed by atoms with Gasteiger partial charge in [-0.1, -0.05) is 36.4 Å². The normalized spacial score (nSPS) is 12.5. The summed E-state index contributed by atoms with van der Waals surface area (Å²) >= 11 is 0. The molecule has 0 amide bonds. The number of nitrogens with zero attached hydrogens (tertiary/aromatic N) is 1. The maximum Gasteiger partial charge on any atom is 0.376 e.